The van der Waals surface area contributed by atoms with Crippen LogP contribution in [0.5, 0.6) is 0 Å². The monoisotopic (exact) mass is 182 g/mol. The van der Waals surface area contributed by atoms with Crippen molar-refractivity contribution >= 4 is 0 Å². The first-order valence-corrected chi connectivity index (χ1v) is 4.46. The second kappa shape index (κ2) is 4.94. The summed E-state index contributed by atoms with van der Waals surface area (Å²) < 4.78 is 12.6. The minimum atomic E-state index is -0.212. The molecule has 0 aromatic heterocycles. The van der Waals surface area contributed by atoms with Crippen LogP contribution < -0.4 is 11.1 Å². The average molecular weight is 182 g/mol. The topological polar surface area (TPSA) is 38.0 Å². The van der Waals surface area contributed by atoms with E-state index >= 15 is 0 Å². The van der Waals surface area contributed by atoms with Crippen LogP contribution in [0.1, 0.15) is 18.5 Å². The molecule has 0 spiro atoms. The zero-order valence-corrected chi connectivity index (χ0v) is 7.76. The standard InChI is InChI=1S/C10H15FN2/c1-2-13-10(7-12)8-3-5-9(11)6-4-8/h3-6,10,13H,2,7,12H2,1H3. The Morgan fingerprint density at radius 2 is 2.00 bits per heavy atom. The quantitative estimate of drug-likeness (QED) is 0.739. The van der Waals surface area contributed by atoms with Crippen molar-refractivity contribution in [3.05, 3.63) is 35.6 Å². The minimum Gasteiger partial charge on any atom is -0.329 e. The number of rotatable bonds is 4. The maximum Gasteiger partial charge on any atom is 0.123 e. The Morgan fingerprint density at radius 3 is 2.46 bits per heavy atom. The molecular weight excluding hydrogens is 167 g/mol. The first-order valence-electron chi connectivity index (χ1n) is 4.46. The molecule has 0 aliphatic carbocycles. The van der Waals surface area contributed by atoms with Crippen molar-refractivity contribution < 1.29 is 4.39 Å². The Morgan fingerprint density at radius 1 is 1.38 bits per heavy atom. The van der Waals surface area contributed by atoms with E-state index in [1.165, 1.54) is 12.1 Å². The summed E-state index contributed by atoms with van der Waals surface area (Å²) in [6.07, 6.45) is 0. The van der Waals surface area contributed by atoms with Crippen LogP contribution in [0.4, 0.5) is 4.39 Å². The molecule has 1 aromatic carbocycles. The zero-order valence-electron chi connectivity index (χ0n) is 7.76. The number of nitrogens with one attached hydrogen (secondary N) is 1. The van der Waals surface area contributed by atoms with Crippen molar-refractivity contribution in [2.24, 2.45) is 5.73 Å². The molecule has 1 unspecified atom stereocenters. The number of halogens is 1. The summed E-state index contributed by atoms with van der Waals surface area (Å²) >= 11 is 0. The molecule has 1 atom stereocenters. The maximum atomic E-state index is 12.6. The molecule has 3 N–H and O–H groups in total. The molecule has 72 valence electrons. The van der Waals surface area contributed by atoms with Crippen LogP contribution in [-0.4, -0.2) is 13.1 Å². The number of hydrogen-bond donors (Lipinski definition) is 2. The third kappa shape index (κ3) is 2.79. The fourth-order valence-corrected chi connectivity index (χ4v) is 1.28. The third-order valence-electron chi connectivity index (χ3n) is 1.96. The molecule has 13 heavy (non-hydrogen) atoms. The van der Waals surface area contributed by atoms with E-state index in [-0.39, 0.29) is 11.9 Å². The summed E-state index contributed by atoms with van der Waals surface area (Å²) in [7, 11) is 0. The van der Waals surface area contributed by atoms with Crippen LogP contribution in [0.2, 0.25) is 0 Å². The highest BCUT2D eigenvalue weighted by atomic mass is 19.1. The van der Waals surface area contributed by atoms with Crippen molar-refractivity contribution in [3.63, 3.8) is 0 Å². The van der Waals surface area contributed by atoms with Crippen LogP contribution in [0.3, 0.4) is 0 Å². The van der Waals surface area contributed by atoms with Crippen molar-refractivity contribution in [3.8, 4) is 0 Å². The normalized spacial score (nSPS) is 12.8. The van der Waals surface area contributed by atoms with Gasteiger partial charge in [-0.15, -0.1) is 0 Å². The highest BCUT2D eigenvalue weighted by molar-refractivity contribution is 5.20. The lowest BCUT2D eigenvalue weighted by atomic mass is 10.1. The van der Waals surface area contributed by atoms with Crippen LogP contribution >= 0.6 is 0 Å². The van der Waals surface area contributed by atoms with E-state index in [0.29, 0.717) is 6.54 Å². The van der Waals surface area contributed by atoms with Gasteiger partial charge in [-0.1, -0.05) is 19.1 Å². The van der Waals surface area contributed by atoms with Gasteiger partial charge in [-0.25, -0.2) is 4.39 Å². The van der Waals surface area contributed by atoms with Gasteiger partial charge in [0.15, 0.2) is 0 Å². The van der Waals surface area contributed by atoms with Gasteiger partial charge in [0.05, 0.1) is 0 Å². The molecule has 0 radical (unpaired) electrons. The van der Waals surface area contributed by atoms with Crippen LogP contribution in [0.25, 0.3) is 0 Å². The summed E-state index contributed by atoms with van der Waals surface area (Å²) in [6, 6.07) is 6.56. The van der Waals surface area contributed by atoms with E-state index in [1.54, 1.807) is 12.1 Å². The Kier molecular flexibility index (Phi) is 3.86. The highest BCUT2D eigenvalue weighted by Gasteiger charge is 2.06. The van der Waals surface area contributed by atoms with E-state index in [9.17, 15) is 4.39 Å². The fourth-order valence-electron chi connectivity index (χ4n) is 1.28. The molecular formula is C10H15FN2. The SMILES string of the molecule is CCNC(CN)c1ccc(F)cc1. The molecule has 0 heterocycles. The van der Waals surface area contributed by atoms with E-state index in [4.69, 9.17) is 5.73 Å². The van der Waals surface area contributed by atoms with Crippen molar-refractivity contribution in [2.75, 3.05) is 13.1 Å². The van der Waals surface area contributed by atoms with Gasteiger partial charge in [0, 0.05) is 12.6 Å². The Bertz CT molecular complexity index is 246. The first-order chi connectivity index (χ1) is 6.27. The fraction of sp³-hybridized carbons (Fsp3) is 0.400. The Hall–Kier alpha value is -0.930. The van der Waals surface area contributed by atoms with Gasteiger partial charge in [0.2, 0.25) is 0 Å². The largest absolute Gasteiger partial charge is 0.329 e. The summed E-state index contributed by atoms with van der Waals surface area (Å²) in [5, 5.41) is 3.22. The van der Waals surface area contributed by atoms with Crippen molar-refractivity contribution in [2.45, 2.75) is 13.0 Å². The number of nitrogens with two attached hydrogens (primary N) is 1. The van der Waals surface area contributed by atoms with Crippen LogP contribution in [0, 0.1) is 5.82 Å². The first kappa shape index (κ1) is 10.2. The van der Waals surface area contributed by atoms with Gasteiger partial charge in [-0.2, -0.15) is 0 Å². The van der Waals surface area contributed by atoms with Crippen LogP contribution in [-0.2, 0) is 0 Å². The summed E-state index contributed by atoms with van der Waals surface area (Å²) in [4.78, 5) is 0. The summed E-state index contributed by atoms with van der Waals surface area (Å²) in [6.45, 7) is 3.41. The van der Waals surface area contributed by atoms with Gasteiger partial charge in [-0.3, -0.25) is 0 Å². The van der Waals surface area contributed by atoms with E-state index < -0.39 is 0 Å². The smallest absolute Gasteiger partial charge is 0.123 e. The van der Waals surface area contributed by atoms with Crippen molar-refractivity contribution in [1.29, 1.82) is 0 Å². The highest BCUT2D eigenvalue weighted by Crippen LogP contribution is 2.11. The summed E-state index contributed by atoms with van der Waals surface area (Å²) in [5.41, 5.74) is 6.61. The van der Waals surface area contributed by atoms with E-state index in [0.717, 1.165) is 12.1 Å². The zero-order chi connectivity index (χ0) is 9.68. The van der Waals surface area contributed by atoms with Gasteiger partial charge in [0.25, 0.3) is 0 Å². The Labute approximate surface area is 77.9 Å². The van der Waals surface area contributed by atoms with Crippen LogP contribution in [0.15, 0.2) is 24.3 Å². The van der Waals surface area contributed by atoms with E-state index in [1.807, 2.05) is 6.92 Å². The lowest BCUT2D eigenvalue weighted by Gasteiger charge is -2.15. The summed E-state index contributed by atoms with van der Waals surface area (Å²) in [5.74, 6) is -0.212. The minimum absolute atomic E-state index is 0.130. The van der Waals surface area contributed by atoms with Gasteiger partial charge >= 0.3 is 0 Å². The predicted molar refractivity (Wildman–Crippen MR) is 51.9 cm³/mol. The van der Waals surface area contributed by atoms with Gasteiger partial charge in [-0.05, 0) is 24.2 Å². The second-order valence-corrected chi connectivity index (χ2v) is 2.90. The molecule has 0 amide bonds. The number of benzene rings is 1. The number of likely N-dealkylation sites (N-methyl/N-ethyl adjacent to an activating group) is 1. The molecule has 0 bridgehead atoms. The molecule has 3 heteroatoms. The molecule has 1 rings (SSSR count). The molecule has 0 aliphatic rings. The molecule has 0 fully saturated rings. The van der Waals surface area contributed by atoms with Gasteiger partial charge < -0.3 is 11.1 Å². The van der Waals surface area contributed by atoms with Gasteiger partial charge in [0.1, 0.15) is 5.82 Å². The second-order valence-electron chi connectivity index (χ2n) is 2.90. The lowest BCUT2D eigenvalue weighted by molar-refractivity contribution is 0.559. The molecule has 0 saturated carbocycles. The third-order valence-corrected chi connectivity index (χ3v) is 1.96. The van der Waals surface area contributed by atoms with Crippen molar-refractivity contribution in [1.82, 2.24) is 5.32 Å². The molecule has 0 aliphatic heterocycles. The maximum absolute atomic E-state index is 12.6. The molecule has 1 aromatic rings. The average Bonchev–Trinajstić information content (AvgIpc) is 2.16. The Balaban J connectivity index is 2.73. The number of hydrogen-bond acceptors (Lipinski definition) is 2. The molecule has 0 saturated heterocycles. The van der Waals surface area contributed by atoms with E-state index in [2.05, 4.69) is 5.32 Å². The molecule has 2 nitrogen and oxygen atoms in total. The lowest BCUT2D eigenvalue weighted by Crippen LogP contribution is -2.27. The predicted octanol–water partition coefficient (Wildman–Crippen LogP) is 1.44.